The molecule has 0 aliphatic rings. The average Bonchev–Trinajstić information content (AvgIpc) is 2.18. The van der Waals surface area contributed by atoms with Crippen LogP contribution in [-0.2, 0) is 6.54 Å². The van der Waals surface area contributed by atoms with Gasteiger partial charge in [-0.05, 0) is 30.2 Å². The Bertz CT molecular complexity index is 315. The highest BCUT2D eigenvalue weighted by atomic mass is 35.5. The Morgan fingerprint density at radius 1 is 1.50 bits per heavy atom. The summed E-state index contributed by atoms with van der Waals surface area (Å²) in [6, 6.07) is 3.73. The summed E-state index contributed by atoms with van der Waals surface area (Å²) < 4.78 is 5.08. The molecule has 78 valence electrons. The van der Waals surface area contributed by atoms with Crippen LogP contribution in [0.15, 0.2) is 12.1 Å². The number of hydrogen-bond acceptors (Lipinski definition) is 3. The number of nitrogens with one attached hydrogen (secondary N) is 1. The van der Waals surface area contributed by atoms with Crippen LogP contribution in [0.25, 0.3) is 0 Å². The predicted molar refractivity (Wildman–Crippen MR) is 56.7 cm³/mol. The van der Waals surface area contributed by atoms with Crippen LogP contribution in [0.3, 0.4) is 0 Å². The minimum absolute atomic E-state index is 0.0386. The van der Waals surface area contributed by atoms with Crippen LogP contribution in [0.2, 0.25) is 5.02 Å². The Balaban J connectivity index is 2.90. The number of benzene rings is 1. The van der Waals surface area contributed by atoms with Crippen LogP contribution in [0.5, 0.6) is 5.75 Å². The molecule has 0 unspecified atom stereocenters. The smallest absolute Gasteiger partial charge is 0.137 e. The molecule has 14 heavy (non-hydrogen) atoms. The average molecular weight is 216 g/mol. The second kappa shape index (κ2) is 5.20. The maximum Gasteiger partial charge on any atom is 0.137 e. The highest BCUT2D eigenvalue weighted by molar-refractivity contribution is 6.32. The topological polar surface area (TPSA) is 41.5 Å². The van der Waals surface area contributed by atoms with Crippen LogP contribution < -0.4 is 10.1 Å². The fraction of sp³-hybridized carbons (Fsp3) is 0.400. The molecule has 2 N–H and O–H groups in total. The quantitative estimate of drug-likeness (QED) is 0.752. The van der Waals surface area contributed by atoms with E-state index >= 15 is 0 Å². The summed E-state index contributed by atoms with van der Waals surface area (Å²) in [6.07, 6.45) is 0. The first kappa shape index (κ1) is 11.3. The number of aryl methyl sites for hydroxylation is 1. The molecule has 0 aliphatic heterocycles. The minimum Gasteiger partial charge on any atom is -0.495 e. The van der Waals surface area contributed by atoms with Gasteiger partial charge in [0, 0.05) is 6.54 Å². The fourth-order valence-electron chi connectivity index (χ4n) is 1.23. The summed E-state index contributed by atoms with van der Waals surface area (Å²) in [5, 5.41) is 12.0. The molecular weight excluding hydrogens is 202 g/mol. The first-order chi connectivity index (χ1) is 6.69. The van der Waals surface area contributed by atoms with Gasteiger partial charge >= 0.3 is 0 Å². The molecule has 0 atom stereocenters. The van der Waals surface area contributed by atoms with Crippen molar-refractivity contribution in [2.24, 2.45) is 0 Å². The van der Waals surface area contributed by atoms with Gasteiger partial charge in [-0.15, -0.1) is 0 Å². The maximum atomic E-state index is 8.62. The summed E-state index contributed by atoms with van der Waals surface area (Å²) in [7, 11) is 1.59. The zero-order valence-electron chi connectivity index (χ0n) is 8.30. The molecular formula is C10H14ClNO2. The molecule has 0 saturated carbocycles. The molecule has 0 saturated heterocycles. The first-order valence-corrected chi connectivity index (χ1v) is 4.71. The standard InChI is InChI=1S/C10H14ClNO2/c1-7-3-10(14-2)9(11)4-8(7)5-12-6-13/h3-4,12-13H,5-6H2,1-2H3. The van der Waals surface area contributed by atoms with Crippen molar-refractivity contribution < 1.29 is 9.84 Å². The molecule has 4 heteroatoms. The van der Waals surface area contributed by atoms with Crippen molar-refractivity contribution in [3.63, 3.8) is 0 Å². The second-order valence-electron chi connectivity index (χ2n) is 3.00. The molecule has 1 rings (SSSR count). The molecule has 0 bridgehead atoms. The Labute approximate surface area is 88.7 Å². The van der Waals surface area contributed by atoms with Crippen molar-refractivity contribution in [3.8, 4) is 5.75 Å². The largest absolute Gasteiger partial charge is 0.495 e. The predicted octanol–water partition coefficient (Wildman–Crippen LogP) is 1.70. The number of ether oxygens (including phenoxy) is 1. The van der Waals surface area contributed by atoms with Gasteiger partial charge in [-0.2, -0.15) is 0 Å². The normalized spacial score (nSPS) is 10.3. The highest BCUT2D eigenvalue weighted by Crippen LogP contribution is 2.27. The number of aliphatic hydroxyl groups excluding tert-OH is 1. The Hall–Kier alpha value is -0.770. The van der Waals surface area contributed by atoms with Gasteiger partial charge in [-0.1, -0.05) is 11.6 Å². The van der Waals surface area contributed by atoms with E-state index in [0.29, 0.717) is 17.3 Å². The molecule has 0 spiro atoms. The number of methoxy groups -OCH3 is 1. The molecule has 0 aliphatic carbocycles. The van der Waals surface area contributed by atoms with Crippen molar-refractivity contribution in [2.75, 3.05) is 13.8 Å². The maximum absolute atomic E-state index is 8.62. The lowest BCUT2D eigenvalue weighted by atomic mass is 10.1. The van der Waals surface area contributed by atoms with Gasteiger partial charge in [0.15, 0.2) is 0 Å². The van der Waals surface area contributed by atoms with Gasteiger partial charge in [0.1, 0.15) is 5.75 Å². The molecule has 0 radical (unpaired) electrons. The number of hydrogen-bond donors (Lipinski definition) is 2. The summed E-state index contributed by atoms with van der Waals surface area (Å²) in [5.41, 5.74) is 2.15. The Morgan fingerprint density at radius 2 is 2.21 bits per heavy atom. The van der Waals surface area contributed by atoms with Crippen LogP contribution in [0, 0.1) is 6.92 Å². The van der Waals surface area contributed by atoms with Crippen LogP contribution in [-0.4, -0.2) is 18.9 Å². The lowest BCUT2D eigenvalue weighted by Crippen LogP contribution is -2.14. The van der Waals surface area contributed by atoms with Crippen molar-refractivity contribution in [1.29, 1.82) is 0 Å². The van der Waals surface area contributed by atoms with Gasteiger partial charge < -0.3 is 9.84 Å². The van der Waals surface area contributed by atoms with E-state index in [1.54, 1.807) is 7.11 Å². The second-order valence-corrected chi connectivity index (χ2v) is 3.41. The van der Waals surface area contributed by atoms with Crippen molar-refractivity contribution >= 4 is 11.6 Å². The lowest BCUT2D eigenvalue weighted by molar-refractivity contribution is 0.259. The van der Waals surface area contributed by atoms with E-state index in [1.807, 2.05) is 19.1 Å². The lowest BCUT2D eigenvalue weighted by Gasteiger charge is -2.10. The van der Waals surface area contributed by atoms with Crippen molar-refractivity contribution in [2.45, 2.75) is 13.5 Å². The molecule has 3 nitrogen and oxygen atoms in total. The van der Waals surface area contributed by atoms with Crippen LogP contribution >= 0.6 is 11.6 Å². The molecule has 0 heterocycles. The van der Waals surface area contributed by atoms with E-state index in [-0.39, 0.29) is 6.73 Å². The number of aliphatic hydroxyl groups is 1. The first-order valence-electron chi connectivity index (χ1n) is 4.33. The highest BCUT2D eigenvalue weighted by Gasteiger charge is 2.05. The molecule has 1 aromatic rings. The third kappa shape index (κ3) is 2.61. The molecule has 0 aromatic heterocycles. The van der Waals surface area contributed by atoms with E-state index in [0.717, 1.165) is 11.1 Å². The molecule has 1 aromatic carbocycles. The third-order valence-corrected chi connectivity index (χ3v) is 2.33. The fourth-order valence-corrected chi connectivity index (χ4v) is 1.50. The van der Waals surface area contributed by atoms with Gasteiger partial charge in [0.2, 0.25) is 0 Å². The van der Waals surface area contributed by atoms with Crippen molar-refractivity contribution in [1.82, 2.24) is 5.32 Å². The van der Waals surface area contributed by atoms with Gasteiger partial charge in [0.05, 0.1) is 18.9 Å². The zero-order valence-corrected chi connectivity index (χ0v) is 9.06. The van der Waals surface area contributed by atoms with Gasteiger partial charge in [-0.25, -0.2) is 0 Å². The summed E-state index contributed by atoms with van der Waals surface area (Å²) in [6.45, 7) is 2.54. The van der Waals surface area contributed by atoms with E-state index in [9.17, 15) is 0 Å². The van der Waals surface area contributed by atoms with Crippen molar-refractivity contribution in [3.05, 3.63) is 28.3 Å². The number of halogens is 1. The molecule has 0 amide bonds. The van der Waals surface area contributed by atoms with E-state index in [1.165, 1.54) is 0 Å². The van der Waals surface area contributed by atoms with Gasteiger partial charge in [0.25, 0.3) is 0 Å². The van der Waals surface area contributed by atoms with Gasteiger partial charge in [-0.3, -0.25) is 5.32 Å². The Morgan fingerprint density at radius 3 is 2.79 bits per heavy atom. The molecule has 0 fully saturated rings. The van der Waals surface area contributed by atoms with E-state index in [2.05, 4.69) is 5.32 Å². The van der Waals surface area contributed by atoms with Crippen LogP contribution in [0.4, 0.5) is 0 Å². The zero-order chi connectivity index (χ0) is 10.6. The minimum atomic E-state index is -0.0386. The Kier molecular flexibility index (Phi) is 4.20. The van der Waals surface area contributed by atoms with E-state index in [4.69, 9.17) is 21.4 Å². The summed E-state index contributed by atoms with van der Waals surface area (Å²) in [5.74, 6) is 0.678. The van der Waals surface area contributed by atoms with E-state index < -0.39 is 0 Å². The van der Waals surface area contributed by atoms with Crippen LogP contribution in [0.1, 0.15) is 11.1 Å². The summed E-state index contributed by atoms with van der Waals surface area (Å²) >= 11 is 5.97. The summed E-state index contributed by atoms with van der Waals surface area (Å²) in [4.78, 5) is 0. The monoisotopic (exact) mass is 215 g/mol. The third-order valence-electron chi connectivity index (χ3n) is 2.04. The SMILES string of the molecule is COc1cc(C)c(CNCO)cc1Cl. The number of rotatable bonds is 4.